The Balaban J connectivity index is 2.29. The van der Waals surface area contributed by atoms with E-state index in [1.807, 2.05) is 14.1 Å². The van der Waals surface area contributed by atoms with Gasteiger partial charge in [-0.3, -0.25) is 0 Å². The van der Waals surface area contributed by atoms with E-state index >= 15 is 0 Å². The number of unbranched alkanes of at least 4 members (excludes halogenated alkanes) is 5. The Bertz CT molecular complexity index is 375. The number of esters is 1. The first-order valence-electron chi connectivity index (χ1n) is 8.08. The summed E-state index contributed by atoms with van der Waals surface area (Å²) in [6.07, 6.45) is 6.95. The van der Waals surface area contributed by atoms with E-state index in [9.17, 15) is 10.1 Å². The lowest BCUT2D eigenvalue weighted by Gasteiger charge is -2.34. The molecule has 0 unspecified atom stereocenters. The summed E-state index contributed by atoms with van der Waals surface area (Å²) in [5.41, 5.74) is 0. The van der Waals surface area contributed by atoms with Gasteiger partial charge in [0.1, 0.15) is 6.07 Å². The quantitative estimate of drug-likeness (QED) is 0.471. The Labute approximate surface area is 143 Å². The molecule has 1 aliphatic heterocycles. The third-order valence-corrected chi connectivity index (χ3v) is 6.97. The van der Waals surface area contributed by atoms with E-state index in [1.54, 1.807) is 0 Å². The molecule has 1 heterocycles. The maximum atomic E-state index is 12.3. The number of nitriles is 1. The van der Waals surface area contributed by atoms with Gasteiger partial charge in [-0.1, -0.05) is 39.0 Å². The standard InChI is InChI=1S/C16H28N2O2S2/c1-4-5-6-7-8-9-10-20-15(19)16(13-17)21-11-14(12-22-16)18(2)3/h14H,4-12H2,1-3H3. The van der Waals surface area contributed by atoms with Crippen LogP contribution in [0.3, 0.4) is 0 Å². The van der Waals surface area contributed by atoms with Crippen LogP contribution in [0.4, 0.5) is 0 Å². The first-order valence-corrected chi connectivity index (χ1v) is 10.1. The lowest BCUT2D eigenvalue weighted by Crippen LogP contribution is -2.44. The predicted octanol–water partition coefficient (Wildman–Crippen LogP) is 3.52. The van der Waals surface area contributed by atoms with Crippen molar-refractivity contribution in [3.8, 4) is 6.07 Å². The average Bonchev–Trinajstić information content (AvgIpc) is 2.53. The number of rotatable bonds is 9. The molecule has 0 aromatic carbocycles. The monoisotopic (exact) mass is 344 g/mol. The number of hydrogen-bond acceptors (Lipinski definition) is 6. The number of thioether (sulfide) groups is 2. The van der Waals surface area contributed by atoms with Crippen LogP contribution in [0.1, 0.15) is 45.4 Å². The SMILES string of the molecule is CCCCCCCCOC(=O)C1(C#N)SCC(N(C)C)CS1. The van der Waals surface area contributed by atoms with E-state index in [4.69, 9.17) is 4.74 Å². The molecule has 6 heteroatoms. The fraction of sp³-hybridized carbons (Fsp3) is 0.875. The largest absolute Gasteiger partial charge is 0.463 e. The Kier molecular flexibility index (Phi) is 9.30. The molecule has 0 aromatic heterocycles. The highest BCUT2D eigenvalue weighted by Gasteiger charge is 2.46. The Morgan fingerprint density at radius 1 is 1.23 bits per heavy atom. The van der Waals surface area contributed by atoms with E-state index < -0.39 is 4.08 Å². The van der Waals surface area contributed by atoms with E-state index in [0.29, 0.717) is 12.6 Å². The molecule has 0 atom stereocenters. The molecule has 1 aliphatic rings. The number of carbonyl (C=O) groups excluding carboxylic acids is 1. The van der Waals surface area contributed by atoms with Gasteiger partial charge in [0.05, 0.1) is 6.61 Å². The summed E-state index contributed by atoms with van der Waals surface area (Å²) in [6, 6.07) is 2.58. The normalized spacial score (nSPS) is 25.0. The summed E-state index contributed by atoms with van der Waals surface area (Å²) < 4.78 is 4.30. The summed E-state index contributed by atoms with van der Waals surface area (Å²) in [5, 5.41) is 9.43. The van der Waals surface area contributed by atoms with Gasteiger partial charge in [0.15, 0.2) is 0 Å². The summed E-state index contributed by atoms with van der Waals surface area (Å²) in [7, 11) is 4.06. The van der Waals surface area contributed by atoms with Crippen molar-refractivity contribution in [2.75, 3.05) is 32.2 Å². The third-order valence-electron chi connectivity index (χ3n) is 3.84. The number of ether oxygens (including phenoxy) is 1. The summed E-state index contributed by atoms with van der Waals surface area (Å²) in [5.74, 6) is 1.22. The highest BCUT2D eigenvalue weighted by molar-refractivity contribution is 8.20. The minimum atomic E-state index is -1.06. The number of hydrogen-bond donors (Lipinski definition) is 0. The maximum Gasteiger partial charge on any atom is 0.347 e. The molecule has 0 N–H and O–H groups in total. The van der Waals surface area contributed by atoms with Gasteiger partial charge in [0, 0.05) is 17.5 Å². The zero-order valence-electron chi connectivity index (χ0n) is 14.0. The second-order valence-corrected chi connectivity index (χ2v) is 8.60. The molecular formula is C16H28N2O2S2. The highest BCUT2D eigenvalue weighted by atomic mass is 32.2. The average molecular weight is 345 g/mol. The molecule has 0 aliphatic carbocycles. The fourth-order valence-corrected chi connectivity index (χ4v) is 5.24. The topological polar surface area (TPSA) is 53.3 Å². The van der Waals surface area contributed by atoms with Gasteiger partial charge in [-0.05, 0) is 20.5 Å². The molecule has 4 nitrogen and oxygen atoms in total. The van der Waals surface area contributed by atoms with Crippen LogP contribution in [-0.2, 0) is 9.53 Å². The first kappa shape index (κ1) is 19.7. The lowest BCUT2D eigenvalue weighted by molar-refractivity contribution is -0.142. The van der Waals surface area contributed by atoms with Crippen molar-refractivity contribution in [3.63, 3.8) is 0 Å². The van der Waals surface area contributed by atoms with Crippen LogP contribution in [0.5, 0.6) is 0 Å². The zero-order valence-corrected chi connectivity index (χ0v) is 15.6. The molecule has 1 rings (SSSR count). The maximum absolute atomic E-state index is 12.3. The zero-order chi connectivity index (χ0) is 16.4. The van der Waals surface area contributed by atoms with Crippen LogP contribution in [0.2, 0.25) is 0 Å². The van der Waals surface area contributed by atoms with Crippen molar-refractivity contribution in [1.29, 1.82) is 5.26 Å². The second-order valence-electron chi connectivity index (χ2n) is 5.87. The molecule has 0 bridgehead atoms. The van der Waals surface area contributed by atoms with Crippen molar-refractivity contribution in [2.24, 2.45) is 0 Å². The molecule has 0 radical (unpaired) electrons. The number of carbonyl (C=O) groups is 1. The van der Waals surface area contributed by atoms with Gasteiger partial charge in [-0.15, -0.1) is 23.5 Å². The predicted molar refractivity (Wildman–Crippen MR) is 95.1 cm³/mol. The fourth-order valence-electron chi connectivity index (χ4n) is 2.19. The van der Waals surface area contributed by atoms with Crippen molar-refractivity contribution < 1.29 is 9.53 Å². The van der Waals surface area contributed by atoms with Crippen molar-refractivity contribution in [3.05, 3.63) is 0 Å². The van der Waals surface area contributed by atoms with Crippen LogP contribution in [0, 0.1) is 11.3 Å². The molecule has 126 valence electrons. The van der Waals surface area contributed by atoms with Crippen LogP contribution in [-0.4, -0.2) is 53.2 Å². The third kappa shape index (κ3) is 6.02. The van der Waals surface area contributed by atoms with Gasteiger partial charge in [-0.25, -0.2) is 4.79 Å². The molecule has 1 fully saturated rings. The van der Waals surface area contributed by atoms with Gasteiger partial charge in [-0.2, -0.15) is 5.26 Å². The highest BCUT2D eigenvalue weighted by Crippen LogP contribution is 2.43. The van der Waals surface area contributed by atoms with Crippen LogP contribution in [0.15, 0.2) is 0 Å². The van der Waals surface area contributed by atoms with E-state index in [0.717, 1.165) is 24.3 Å². The van der Waals surface area contributed by atoms with Gasteiger partial charge in [0.2, 0.25) is 4.08 Å². The van der Waals surface area contributed by atoms with Crippen LogP contribution < -0.4 is 0 Å². The Hall–Kier alpha value is -0.380. The number of nitrogens with zero attached hydrogens (tertiary/aromatic N) is 2. The molecule has 1 saturated heterocycles. The van der Waals surface area contributed by atoms with E-state index in [-0.39, 0.29) is 5.97 Å². The van der Waals surface area contributed by atoms with Gasteiger partial charge >= 0.3 is 5.97 Å². The smallest absolute Gasteiger partial charge is 0.347 e. The van der Waals surface area contributed by atoms with Crippen molar-refractivity contribution in [1.82, 2.24) is 4.90 Å². The van der Waals surface area contributed by atoms with Crippen LogP contribution in [0.25, 0.3) is 0 Å². The summed E-state index contributed by atoms with van der Waals surface area (Å²) >= 11 is 2.83. The summed E-state index contributed by atoms with van der Waals surface area (Å²) in [4.78, 5) is 14.4. The molecule has 0 saturated carbocycles. The molecule has 0 spiro atoms. The molecule has 0 amide bonds. The molecule has 0 aromatic rings. The lowest BCUT2D eigenvalue weighted by atomic mass is 10.1. The Morgan fingerprint density at radius 2 is 1.82 bits per heavy atom. The van der Waals surface area contributed by atoms with Gasteiger partial charge < -0.3 is 9.64 Å². The van der Waals surface area contributed by atoms with Crippen molar-refractivity contribution in [2.45, 2.75) is 55.6 Å². The summed E-state index contributed by atoms with van der Waals surface area (Å²) in [6.45, 7) is 2.64. The molecular weight excluding hydrogens is 316 g/mol. The van der Waals surface area contributed by atoms with Crippen molar-refractivity contribution >= 4 is 29.5 Å². The second kappa shape index (κ2) is 10.4. The Morgan fingerprint density at radius 3 is 2.36 bits per heavy atom. The minimum Gasteiger partial charge on any atom is -0.463 e. The van der Waals surface area contributed by atoms with E-state index in [1.165, 1.54) is 49.2 Å². The minimum absolute atomic E-state index is 0.365. The van der Waals surface area contributed by atoms with Gasteiger partial charge in [0.25, 0.3) is 0 Å². The van der Waals surface area contributed by atoms with Crippen LogP contribution >= 0.6 is 23.5 Å². The molecule has 22 heavy (non-hydrogen) atoms. The first-order chi connectivity index (χ1) is 10.6. The van der Waals surface area contributed by atoms with E-state index in [2.05, 4.69) is 17.9 Å².